The molecule has 5 atom stereocenters. The predicted molar refractivity (Wildman–Crippen MR) is 155 cm³/mol. The van der Waals surface area contributed by atoms with Crippen LogP contribution in [-0.4, -0.2) is 74.5 Å². The van der Waals surface area contributed by atoms with E-state index in [0.717, 1.165) is 69.3 Å². The molecular formula is C33H46O9. The van der Waals surface area contributed by atoms with Gasteiger partial charge in [-0.2, -0.15) is 0 Å². The number of esters is 1. The molecule has 0 amide bonds. The van der Waals surface area contributed by atoms with Crippen LogP contribution in [0.25, 0.3) is 0 Å². The highest BCUT2D eigenvalue weighted by atomic mass is 16.7. The van der Waals surface area contributed by atoms with Gasteiger partial charge in [0.25, 0.3) is 0 Å². The number of benzene rings is 2. The minimum absolute atomic E-state index is 0.0503. The molecule has 0 unspecified atom stereocenters. The van der Waals surface area contributed by atoms with E-state index in [1.54, 1.807) is 0 Å². The van der Waals surface area contributed by atoms with Crippen molar-refractivity contribution in [1.29, 1.82) is 0 Å². The van der Waals surface area contributed by atoms with Crippen LogP contribution in [0.5, 0.6) is 0 Å². The molecule has 9 heteroatoms. The summed E-state index contributed by atoms with van der Waals surface area (Å²) in [6, 6.07) is 19.6. The number of aliphatic hydroxyl groups is 1. The van der Waals surface area contributed by atoms with Crippen LogP contribution in [0.1, 0.15) is 63.0 Å². The third kappa shape index (κ3) is 11.0. The Balaban J connectivity index is 1.34. The van der Waals surface area contributed by atoms with Gasteiger partial charge in [-0.25, -0.2) is 0 Å². The summed E-state index contributed by atoms with van der Waals surface area (Å²) in [5, 5.41) is 11.3. The fourth-order valence-corrected chi connectivity index (χ4v) is 5.11. The molecule has 0 aliphatic carbocycles. The predicted octanol–water partition coefficient (Wildman–Crippen LogP) is 4.93. The van der Waals surface area contributed by atoms with E-state index in [9.17, 15) is 9.90 Å². The molecule has 0 spiro atoms. The minimum Gasteiger partial charge on any atom is -0.463 e. The first-order chi connectivity index (χ1) is 20.6. The molecule has 2 aromatic carbocycles. The van der Waals surface area contributed by atoms with Gasteiger partial charge in [-0.1, -0.05) is 79.9 Å². The molecule has 2 heterocycles. The van der Waals surface area contributed by atoms with Crippen LogP contribution in [0, 0.1) is 0 Å². The van der Waals surface area contributed by atoms with Crippen molar-refractivity contribution in [2.24, 2.45) is 0 Å². The van der Waals surface area contributed by atoms with Crippen LogP contribution in [-0.2, 0) is 51.2 Å². The van der Waals surface area contributed by atoms with Gasteiger partial charge in [0, 0.05) is 13.5 Å². The van der Waals surface area contributed by atoms with Gasteiger partial charge in [0.05, 0.1) is 26.4 Å². The van der Waals surface area contributed by atoms with Gasteiger partial charge in [0.15, 0.2) is 12.6 Å². The van der Waals surface area contributed by atoms with E-state index in [1.807, 2.05) is 60.7 Å². The van der Waals surface area contributed by atoms with E-state index < -0.39 is 36.7 Å². The van der Waals surface area contributed by atoms with Gasteiger partial charge in [-0.05, 0) is 36.8 Å². The summed E-state index contributed by atoms with van der Waals surface area (Å²) in [4.78, 5) is 11.5. The lowest BCUT2D eigenvalue weighted by Crippen LogP contribution is -2.61. The Morgan fingerprint density at radius 1 is 0.810 bits per heavy atom. The second-order valence-corrected chi connectivity index (χ2v) is 10.8. The normalized spacial score (nSPS) is 24.9. The number of hydrogen-bond acceptors (Lipinski definition) is 9. The molecule has 0 aromatic heterocycles. The first-order valence-corrected chi connectivity index (χ1v) is 15.2. The lowest BCUT2D eigenvalue weighted by atomic mass is 9.98. The Labute approximate surface area is 249 Å². The lowest BCUT2D eigenvalue weighted by Gasteiger charge is -2.44. The number of aliphatic hydroxyl groups excluding tert-OH is 1. The van der Waals surface area contributed by atoms with Crippen LogP contribution in [0.2, 0.25) is 0 Å². The van der Waals surface area contributed by atoms with E-state index in [1.165, 1.54) is 6.92 Å². The van der Waals surface area contributed by atoms with E-state index in [2.05, 4.69) is 0 Å². The van der Waals surface area contributed by atoms with Crippen LogP contribution < -0.4 is 0 Å². The SMILES string of the molecule is CC(=O)OC[C@H]1O[C@H](OCCCCCCCC2OCCCO2)[C@H](OCc2ccccc2)[C@@H](OCc2ccccc2)[C@H]1O. The average Bonchev–Trinajstić information content (AvgIpc) is 3.02. The van der Waals surface area contributed by atoms with Crippen LogP contribution in [0.3, 0.4) is 0 Å². The van der Waals surface area contributed by atoms with Crippen molar-refractivity contribution in [3.05, 3.63) is 71.8 Å². The van der Waals surface area contributed by atoms with Crippen LogP contribution in [0.4, 0.5) is 0 Å². The monoisotopic (exact) mass is 586 g/mol. The summed E-state index contributed by atoms with van der Waals surface area (Å²) in [6.07, 6.45) is 2.82. The highest BCUT2D eigenvalue weighted by Crippen LogP contribution is 2.29. The fraction of sp³-hybridized carbons (Fsp3) is 0.606. The van der Waals surface area contributed by atoms with Crippen molar-refractivity contribution >= 4 is 5.97 Å². The third-order valence-corrected chi connectivity index (χ3v) is 7.40. The first kappa shape index (κ1) is 32.5. The zero-order valence-corrected chi connectivity index (χ0v) is 24.6. The van der Waals surface area contributed by atoms with Crippen LogP contribution in [0.15, 0.2) is 60.7 Å². The van der Waals surface area contributed by atoms with Crippen molar-refractivity contribution in [1.82, 2.24) is 0 Å². The van der Waals surface area contributed by atoms with Crippen LogP contribution >= 0.6 is 0 Å². The number of carbonyl (C=O) groups is 1. The molecule has 1 N–H and O–H groups in total. The average molecular weight is 587 g/mol. The lowest BCUT2D eigenvalue weighted by molar-refractivity contribution is -0.320. The highest BCUT2D eigenvalue weighted by Gasteiger charge is 2.48. The second-order valence-electron chi connectivity index (χ2n) is 10.8. The van der Waals surface area contributed by atoms with E-state index in [0.29, 0.717) is 13.2 Å². The molecule has 0 saturated carbocycles. The molecule has 2 aromatic rings. The van der Waals surface area contributed by atoms with Crippen molar-refractivity contribution in [2.75, 3.05) is 26.4 Å². The Kier molecular flexibility index (Phi) is 14.2. The fourth-order valence-electron chi connectivity index (χ4n) is 5.11. The number of unbranched alkanes of at least 4 members (excludes halogenated alkanes) is 4. The number of ether oxygens (including phenoxy) is 7. The summed E-state index contributed by atoms with van der Waals surface area (Å²) in [6.45, 7) is 3.84. The molecule has 0 bridgehead atoms. The maximum atomic E-state index is 11.5. The summed E-state index contributed by atoms with van der Waals surface area (Å²) in [5.74, 6) is -0.450. The zero-order valence-electron chi connectivity index (χ0n) is 24.6. The standard InChI is InChI=1S/C33H46O9/c1-25(34)39-24-28-30(35)31(40-22-26-14-7-5-8-15-26)32(41-23-27-16-9-6-10-17-27)33(42-28)38-19-12-4-2-3-11-18-29-36-20-13-21-37-29/h5-10,14-17,28-33,35H,2-4,11-13,18-24H2,1H3/t28-,30+,31+,32-,33+/m1/s1. The van der Waals surface area contributed by atoms with Gasteiger partial charge in [0.2, 0.25) is 0 Å². The van der Waals surface area contributed by atoms with E-state index in [-0.39, 0.29) is 19.5 Å². The molecule has 0 radical (unpaired) electrons. The first-order valence-electron chi connectivity index (χ1n) is 15.2. The molecule has 4 rings (SSSR count). The summed E-state index contributed by atoms with van der Waals surface area (Å²) < 4.78 is 41.5. The minimum atomic E-state index is -1.09. The smallest absolute Gasteiger partial charge is 0.302 e. The molecule has 2 fully saturated rings. The Morgan fingerprint density at radius 2 is 1.40 bits per heavy atom. The second kappa shape index (κ2) is 18.3. The maximum Gasteiger partial charge on any atom is 0.302 e. The Bertz CT molecular complexity index is 999. The summed E-state index contributed by atoms with van der Waals surface area (Å²) in [7, 11) is 0. The third-order valence-electron chi connectivity index (χ3n) is 7.40. The van der Waals surface area contributed by atoms with Crippen molar-refractivity contribution in [3.63, 3.8) is 0 Å². The van der Waals surface area contributed by atoms with Crippen molar-refractivity contribution < 1.29 is 43.1 Å². The molecule has 2 saturated heterocycles. The molecular weight excluding hydrogens is 540 g/mol. The zero-order chi connectivity index (χ0) is 29.4. The highest BCUT2D eigenvalue weighted by molar-refractivity contribution is 5.65. The quantitative estimate of drug-likeness (QED) is 0.204. The maximum absolute atomic E-state index is 11.5. The largest absolute Gasteiger partial charge is 0.463 e. The van der Waals surface area contributed by atoms with Gasteiger partial charge in [-0.3, -0.25) is 4.79 Å². The van der Waals surface area contributed by atoms with Gasteiger partial charge in [-0.15, -0.1) is 0 Å². The van der Waals surface area contributed by atoms with Crippen molar-refractivity contribution in [2.45, 2.75) is 102 Å². The number of carbonyl (C=O) groups excluding carboxylic acids is 1. The molecule has 2 aliphatic rings. The number of hydrogen-bond donors (Lipinski definition) is 1. The van der Waals surface area contributed by atoms with Gasteiger partial charge < -0.3 is 38.3 Å². The van der Waals surface area contributed by atoms with Crippen molar-refractivity contribution in [3.8, 4) is 0 Å². The molecule has 232 valence electrons. The molecule has 2 aliphatic heterocycles. The van der Waals surface area contributed by atoms with Gasteiger partial charge >= 0.3 is 5.97 Å². The van der Waals surface area contributed by atoms with Gasteiger partial charge in [0.1, 0.15) is 31.0 Å². The molecule has 9 nitrogen and oxygen atoms in total. The number of rotatable bonds is 17. The van der Waals surface area contributed by atoms with E-state index in [4.69, 9.17) is 33.2 Å². The summed E-state index contributed by atoms with van der Waals surface area (Å²) in [5.41, 5.74) is 1.95. The van der Waals surface area contributed by atoms with E-state index >= 15 is 0 Å². The topological polar surface area (TPSA) is 102 Å². The Morgan fingerprint density at radius 3 is 2.05 bits per heavy atom. The Hall–Kier alpha value is -2.37. The molecule has 42 heavy (non-hydrogen) atoms. The summed E-state index contributed by atoms with van der Waals surface area (Å²) >= 11 is 0.